The number of fused-ring (bicyclic) bond motifs is 3. The van der Waals surface area contributed by atoms with Crippen LogP contribution in [0.4, 0.5) is 0 Å². The van der Waals surface area contributed by atoms with Crippen LogP contribution in [0.2, 0.25) is 0 Å². The topological polar surface area (TPSA) is 6.48 Å². The summed E-state index contributed by atoms with van der Waals surface area (Å²) in [7, 11) is 0. The molecule has 0 radical (unpaired) electrons. The van der Waals surface area contributed by atoms with Gasteiger partial charge in [0.05, 0.1) is 0 Å². The Kier molecular flexibility index (Phi) is 5.74. The Morgan fingerprint density at radius 1 is 0.862 bits per heavy atom. The molecule has 2 unspecified atom stereocenters. The van der Waals surface area contributed by atoms with Crippen LogP contribution in [0.25, 0.3) is 0 Å². The van der Waals surface area contributed by atoms with Gasteiger partial charge in [0.1, 0.15) is 0 Å². The molecule has 2 saturated heterocycles. The van der Waals surface area contributed by atoms with Crippen LogP contribution in [-0.2, 0) is 19.4 Å². The summed E-state index contributed by atoms with van der Waals surface area (Å²) in [6.07, 6.45) is 9.43. The molecule has 5 rings (SSSR count). The molecule has 2 aliphatic heterocycles. The minimum Gasteiger partial charge on any atom is -0.299 e. The van der Waals surface area contributed by atoms with Gasteiger partial charge in [-0.2, -0.15) is 0 Å². The molecular weight excluding hydrogens is 352 g/mol. The lowest BCUT2D eigenvalue weighted by Gasteiger charge is -2.41. The van der Waals surface area contributed by atoms with Crippen molar-refractivity contribution >= 4 is 0 Å². The molecule has 0 amide bonds. The predicted octanol–water partition coefficient (Wildman–Crippen LogP) is 5.31. The van der Waals surface area contributed by atoms with Crippen molar-refractivity contribution in [2.75, 3.05) is 13.1 Å². The molecule has 0 saturated carbocycles. The summed E-state index contributed by atoms with van der Waals surface area (Å²) < 4.78 is 0. The van der Waals surface area contributed by atoms with E-state index in [9.17, 15) is 0 Å². The first-order chi connectivity index (χ1) is 14.3. The Morgan fingerprint density at radius 3 is 2.10 bits per heavy atom. The minimum atomic E-state index is 0.729. The number of hydrogen-bond acceptors (Lipinski definition) is 2. The van der Waals surface area contributed by atoms with Gasteiger partial charge < -0.3 is 0 Å². The van der Waals surface area contributed by atoms with Crippen molar-refractivity contribution in [1.82, 2.24) is 9.80 Å². The molecule has 2 heterocycles. The van der Waals surface area contributed by atoms with Gasteiger partial charge in [-0.15, -0.1) is 0 Å². The van der Waals surface area contributed by atoms with Gasteiger partial charge in [-0.3, -0.25) is 9.80 Å². The number of rotatable bonds is 7. The van der Waals surface area contributed by atoms with Gasteiger partial charge in [-0.25, -0.2) is 0 Å². The molecule has 2 fully saturated rings. The van der Waals surface area contributed by atoms with Crippen molar-refractivity contribution in [2.45, 2.75) is 76.5 Å². The normalized spacial score (nSPS) is 26.9. The molecule has 2 bridgehead atoms. The third kappa shape index (κ3) is 4.15. The third-order valence-corrected chi connectivity index (χ3v) is 7.74. The summed E-state index contributed by atoms with van der Waals surface area (Å²) in [5.41, 5.74) is 4.67. The number of nitrogens with zero attached hydrogens (tertiary/aromatic N) is 2. The SMILES string of the molecule is CCCN(CC1CC2CCC(C1)N2Cc1ccccc1)C1Cc2ccccc2C1. The molecule has 3 aliphatic rings. The molecule has 29 heavy (non-hydrogen) atoms. The second-order valence-electron chi connectivity index (χ2n) is 9.71. The number of benzene rings is 2. The zero-order valence-corrected chi connectivity index (χ0v) is 18.0. The Hall–Kier alpha value is -1.64. The quantitative estimate of drug-likeness (QED) is 0.634. The summed E-state index contributed by atoms with van der Waals surface area (Å²) in [6, 6.07) is 22.6. The first kappa shape index (κ1) is 19.3. The lowest BCUT2D eigenvalue weighted by atomic mass is 9.89. The lowest BCUT2D eigenvalue weighted by molar-refractivity contribution is 0.0670. The van der Waals surface area contributed by atoms with Crippen LogP contribution >= 0.6 is 0 Å². The van der Waals surface area contributed by atoms with Crippen molar-refractivity contribution < 1.29 is 0 Å². The molecule has 0 aromatic heterocycles. The molecule has 2 aromatic rings. The van der Waals surface area contributed by atoms with E-state index in [-0.39, 0.29) is 0 Å². The third-order valence-electron chi connectivity index (χ3n) is 7.74. The van der Waals surface area contributed by atoms with Crippen molar-refractivity contribution in [1.29, 1.82) is 0 Å². The van der Waals surface area contributed by atoms with Gasteiger partial charge >= 0.3 is 0 Å². The first-order valence-corrected chi connectivity index (χ1v) is 11.9. The standard InChI is InChI=1S/C27H36N2/c1-2-14-28(27-17-23-10-6-7-11-24(23)18-27)19-22-15-25-12-13-26(16-22)29(25)20-21-8-4-3-5-9-21/h3-11,22,25-27H,2,12-20H2,1H3. The predicted molar refractivity (Wildman–Crippen MR) is 121 cm³/mol. The van der Waals surface area contributed by atoms with E-state index < -0.39 is 0 Å². The summed E-state index contributed by atoms with van der Waals surface area (Å²) in [5.74, 6) is 0.884. The van der Waals surface area contributed by atoms with Crippen LogP contribution < -0.4 is 0 Å². The monoisotopic (exact) mass is 388 g/mol. The van der Waals surface area contributed by atoms with Crippen LogP contribution in [0, 0.1) is 5.92 Å². The Morgan fingerprint density at radius 2 is 1.48 bits per heavy atom. The Balaban J connectivity index is 1.22. The lowest BCUT2D eigenvalue weighted by Crippen LogP contribution is -2.47. The Labute approximate surface area is 176 Å². The van der Waals surface area contributed by atoms with Crippen LogP contribution in [0.5, 0.6) is 0 Å². The highest BCUT2D eigenvalue weighted by atomic mass is 15.2. The fourth-order valence-electron chi connectivity index (χ4n) is 6.42. The summed E-state index contributed by atoms with van der Waals surface area (Å²) in [5, 5.41) is 0. The molecule has 2 aromatic carbocycles. The highest BCUT2D eigenvalue weighted by molar-refractivity contribution is 5.33. The molecule has 0 N–H and O–H groups in total. The van der Waals surface area contributed by atoms with E-state index in [0.717, 1.165) is 30.6 Å². The van der Waals surface area contributed by atoms with E-state index in [4.69, 9.17) is 0 Å². The highest BCUT2D eigenvalue weighted by Crippen LogP contribution is 2.40. The van der Waals surface area contributed by atoms with E-state index in [0.29, 0.717) is 0 Å². The van der Waals surface area contributed by atoms with Crippen LogP contribution in [0.3, 0.4) is 0 Å². The molecule has 2 nitrogen and oxygen atoms in total. The zero-order valence-electron chi connectivity index (χ0n) is 18.0. The number of hydrogen-bond donors (Lipinski definition) is 0. The average Bonchev–Trinajstić information content (AvgIpc) is 3.27. The smallest absolute Gasteiger partial charge is 0.0239 e. The van der Waals surface area contributed by atoms with Crippen molar-refractivity contribution in [3.63, 3.8) is 0 Å². The maximum Gasteiger partial charge on any atom is 0.0239 e. The highest BCUT2D eigenvalue weighted by Gasteiger charge is 2.41. The van der Waals surface area contributed by atoms with Crippen LogP contribution in [-0.4, -0.2) is 41.0 Å². The van der Waals surface area contributed by atoms with Gasteiger partial charge in [0.2, 0.25) is 0 Å². The van der Waals surface area contributed by atoms with E-state index in [1.807, 2.05) is 0 Å². The molecule has 1 aliphatic carbocycles. The number of piperidine rings is 1. The van der Waals surface area contributed by atoms with Gasteiger partial charge in [0, 0.05) is 31.2 Å². The average molecular weight is 389 g/mol. The molecule has 2 atom stereocenters. The van der Waals surface area contributed by atoms with Gasteiger partial charge in [0.15, 0.2) is 0 Å². The largest absolute Gasteiger partial charge is 0.299 e. The van der Waals surface area contributed by atoms with Gasteiger partial charge in [-0.05, 0) is 74.1 Å². The van der Waals surface area contributed by atoms with Crippen LogP contribution in [0.1, 0.15) is 55.7 Å². The summed E-state index contributed by atoms with van der Waals surface area (Å²) in [6.45, 7) is 6.08. The molecule has 0 spiro atoms. The van der Waals surface area contributed by atoms with Crippen LogP contribution in [0.15, 0.2) is 54.6 Å². The van der Waals surface area contributed by atoms with E-state index in [1.54, 1.807) is 11.1 Å². The van der Waals surface area contributed by atoms with Crippen molar-refractivity contribution in [3.8, 4) is 0 Å². The second-order valence-corrected chi connectivity index (χ2v) is 9.71. The van der Waals surface area contributed by atoms with Crippen molar-refractivity contribution in [2.24, 2.45) is 5.92 Å². The molecule has 2 heteroatoms. The Bertz CT molecular complexity index is 762. The zero-order chi connectivity index (χ0) is 19.6. The minimum absolute atomic E-state index is 0.729. The van der Waals surface area contributed by atoms with Gasteiger partial charge in [-0.1, -0.05) is 61.5 Å². The second kappa shape index (κ2) is 8.62. The fourth-order valence-corrected chi connectivity index (χ4v) is 6.42. The summed E-state index contributed by atoms with van der Waals surface area (Å²) >= 11 is 0. The summed E-state index contributed by atoms with van der Waals surface area (Å²) in [4.78, 5) is 5.69. The maximum absolute atomic E-state index is 2.86. The van der Waals surface area contributed by atoms with Gasteiger partial charge in [0.25, 0.3) is 0 Å². The molecular formula is C27H36N2. The van der Waals surface area contributed by atoms with E-state index in [1.165, 1.54) is 63.6 Å². The first-order valence-electron chi connectivity index (χ1n) is 11.9. The fraction of sp³-hybridized carbons (Fsp3) is 0.556. The van der Waals surface area contributed by atoms with Crippen molar-refractivity contribution in [3.05, 3.63) is 71.3 Å². The van der Waals surface area contributed by atoms with E-state index >= 15 is 0 Å². The van der Waals surface area contributed by atoms with E-state index in [2.05, 4.69) is 71.3 Å². The maximum atomic E-state index is 2.86. The molecule has 154 valence electrons.